The Bertz CT molecular complexity index is 246. The molecule has 1 heterocycles. The van der Waals surface area contributed by atoms with Crippen molar-refractivity contribution in [3.63, 3.8) is 0 Å². The number of aliphatic imine (C=N–C) groups is 1. The number of nitrogens with one attached hydrogen (secondary N) is 1. The summed E-state index contributed by atoms with van der Waals surface area (Å²) in [6, 6.07) is 0.497. The molecule has 0 spiro atoms. The molecule has 0 radical (unpaired) electrons. The molecule has 86 valence electrons. The number of primary amides is 1. The number of hydrogen-bond donors (Lipinski definition) is 2. The van der Waals surface area contributed by atoms with Gasteiger partial charge < -0.3 is 15.8 Å². The van der Waals surface area contributed by atoms with Crippen LogP contribution in [0.2, 0.25) is 0 Å². The van der Waals surface area contributed by atoms with Crippen LogP contribution in [-0.4, -0.2) is 42.6 Å². The molecule has 0 aliphatic carbocycles. The zero-order valence-corrected chi connectivity index (χ0v) is 9.68. The Morgan fingerprint density at radius 2 is 2.60 bits per heavy atom. The number of amides is 1. The summed E-state index contributed by atoms with van der Waals surface area (Å²) in [5.74, 6) is 0.663. The summed E-state index contributed by atoms with van der Waals surface area (Å²) in [5, 5.41) is 4.25. The molecule has 0 saturated carbocycles. The van der Waals surface area contributed by atoms with Gasteiger partial charge in [0.25, 0.3) is 0 Å². The van der Waals surface area contributed by atoms with Gasteiger partial charge in [-0.3, -0.25) is 9.79 Å². The van der Waals surface area contributed by atoms with Crippen molar-refractivity contribution in [1.82, 2.24) is 5.32 Å². The van der Waals surface area contributed by atoms with Crippen LogP contribution < -0.4 is 11.1 Å². The van der Waals surface area contributed by atoms with E-state index in [4.69, 9.17) is 10.5 Å². The number of carbonyl (C=O) groups is 1. The minimum Gasteiger partial charge on any atom is -0.370 e. The van der Waals surface area contributed by atoms with Crippen LogP contribution in [0.25, 0.3) is 0 Å². The zero-order chi connectivity index (χ0) is 11.1. The van der Waals surface area contributed by atoms with E-state index in [-0.39, 0.29) is 6.61 Å². The van der Waals surface area contributed by atoms with Gasteiger partial charge in [0.1, 0.15) is 6.61 Å². The van der Waals surface area contributed by atoms with Crippen molar-refractivity contribution in [2.45, 2.75) is 19.4 Å². The highest BCUT2D eigenvalue weighted by Gasteiger charge is 2.12. The zero-order valence-electron chi connectivity index (χ0n) is 8.86. The predicted molar refractivity (Wildman–Crippen MR) is 62.0 cm³/mol. The summed E-state index contributed by atoms with van der Waals surface area (Å²) in [4.78, 5) is 14.7. The molecule has 0 bridgehead atoms. The van der Waals surface area contributed by atoms with Crippen molar-refractivity contribution in [3.05, 3.63) is 0 Å². The fourth-order valence-corrected chi connectivity index (χ4v) is 2.26. The molecular weight excluding hydrogens is 214 g/mol. The number of ether oxygens (including phenoxy) is 1. The van der Waals surface area contributed by atoms with Crippen molar-refractivity contribution in [2.24, 2.45) is 10.7 Å². The Balaban J connectivity index is 2.11. The van der Waals surface area contributed by atoms with Gasteiger partial charge in [-0.1, -0.05) is 11.8 Å². The van der Waals surface area contributed by atoms with E-state index in [1.54, 1.807) is 11.8 Å². The quantitative estimate of drug-likeness (QED) is 0.651. The van der Waals surface area contributed by atoms with E-state index in [1.807, 2.05) is 0 Å². The van der Waals surface area contributed by atoms with Crippen LogP contribution >= 0.6 is 11.8 Å². The fourth-order valence-electron chi connectivity index (χ4n) is 1.13. The molecule has 0 aromatic rings. The smallest absolute Gasteiger partial charge is 0.243 e. The van der Waals surface area contributed by atoms with Crippen LogP contribution in [0, 0.1) is 0 Å². The molecule has 0 aromatic carbocycles. The Hall–Kier alpha value is -0.750. The van der Waals surface area contributed by atoms with Crippen molar-refractivity contribution in [3.8, 4) is 0 Å². The van der Waals surface area contributed by atoms with Crippen LogP contribution in [0.5, 0.6) is 0 Å². The van der Waals surface area contributed by atoms with E-state index in [1.165, 1.54) is 6.42 Å². The Kier molecular flexibility index (Phi) is 5.49. The van der Waals surface area contributed by atoms with Crippen molar-refractivity contribution in [1.29, 1.82) is 0 Å². The maximum Gasteiger partial charge on any atom is 0.243 e. The Morgan fingerprint density at radius 3 is 3.27 bits per heavy atom. The third kappa shape index (κ3) is 5.64. The second-order valence-electron chi connectivity index (χ2n) is 3.39. The molecule has 15 heavy (non-hydrogen) atoms. The first-order valence-corrected chi connectivity index (χ1v) is 5.97. The van der Waals surface area contributed by atoms with Crippen molar-refractivity contribution >= 4 is 22.8 Å². The number of nitrogens with zero attached hydrogens (tertiary/aromatic N) is 1. The number of hydrogen-bond acceptors (Lipinski definition) is 4. The first kappa shape index (κ1) is 12.3. The molecule has 1 rings (SSSR count). The number of nitrogens with two attached hydrogens (primary N) is 1. The van der Waals surface area contributed by atoms with Gasteiger partial charge in [0.2, 0.25) is 5.91 Å². The van der Waals surface area contributed by atoms with Gasteiger partial charge in [-0.05, 0) is 13.3 Å². The number of amidine groups is 1. The number of thioether (sulfide) groups is 1. The Morgan fingerprint density at radius 1 is 1.80 bits per heavy atom. The van der Waals surface area contributed by atoms with Crippen LogP contribution in [0.1, 0.15) is 13.3 Å². The van der Waals surface area contributed by atoms with Gasteiger partial charge >= 0.3 is 0 Å². The SMILES string of the molecule is CC1CCSC(=NCCOCC(N)=O)N1. The summed E-state index contributed by atoms with van der Waals surface area (Å²) in [5.41, 5.74) is 4.92. The highest BCUT2D eigenvalue weighted by atomic mass is 32.2. The molecule has 1 aliphatic heterocycles. The van der Waals surface area contributed by atoms with Crippen LogP contribution in [0.4, 0.5) is 0 Å². The van der Waals surface area contributed by atoms with E-state index in [9.17, 15) is 4.79 Å². The molecule has 1 atom stereocenters. The van der Waals surface area contributed by atoms with Gasteiger partial charge in [-0.2, -0.15) is 0 Å². The molecule has 1 saturated heterocycles. The second-order valence-corrected chi connectivity index (χ2v) is 4.47. The monoisotopic (exact) mass is 231 g/mol. The highest BCUT2D eigenvalue weighted by molar-refractivity contribution is 8.13. The topological polar surface area (TPSA) is 76.7 Å². The first-order valence-electron chi connectivity index (χ1n) is 4.98. The molecule has 3 N–H and O–H groups in total. The minimum absolute atomic E-state index is 0.0260. The summed E-state index contributed by atoms with van der Waals surface area (Å²) >= 11 is 1.72. The van der Waals surface area contributed by atoms with E-state index >= 15 is 0 Å². The summed E-state index contributed by atoms with van der Waals surface area (Å²) in [6.07, 6.45) is 1.17. The second kappa shape index (κ2) is 6.68. The Labute approximate surface area is 93.8 Å². The molecule has 1 aliphatic rings. The third-order valence-corrected chi connectivity index (χ3v) is 2.86. The molecule has 6 heteroatoms. The lowest BCUT2D eigenvalue weighted by atomic mass is 10.3. The molecule has 5 nitrogen and oxygen atoms in total. The number of carbonyl (C=O) groups excluding carboxylic acids is 1. The van der Waals surface area contributed by atoms with E-state index in [0.717, 1.165) is 10.9 Å². The lowest BCUT2D eigenvalue weighted by Crippen LogP contribution is -2.35. The average molecular weight is 231 g/mol. The largest absolute Gasteiger partial charge is 0.370 e. The van der Waals surface area contributed by atoms with Crippen molar-refractivity contribution < 1.29 is 9.53 Å². The van der Waals surface area contributed by atoms with Gasteiger partial charge in [0, 0.05) is 11.8 Å². The summed E-state index contributed by atoms with van der Waals surface area (Å²) in [6.45, 7) is 3.11. The maximum atomic E-state index is 10.4. The van der Waals surface area contributed by atoms with Crippen LogP contribution in [-0.2, 0) is 9.53 Å². The lowest BCUT2D eigenvalue weighted by molar-refractivity contribution is -0.122. The van der Waals surface area contributed by atoms with Crippen molar-refractivity contribution in [2.75, 3.05) is 25.5 Å². The molecule has 1 fully saturated rings. The fraction of sp³-hybridized carbons (Fsp3) is 0.778. The molecule has 1 amide bonds. The van der Waals surface area contributed by atoms with Gasteiger partial charge in [0.15, 0.2) is 5.17 Å². The van der Waals surface area contributed by atoms with Crippen LogP contribution in [0.3, 0.4) is 0 Å². The average Bonchev–Trinajstić information content (AvgIpc) is 2.17. The summed E-state index contributed by atoms with van der Waals surface area (Å²) < 4.78 is 4.99. The van der Waals surface area contributed by atoms with E-state index in [2.05, 4.69) is 17.2 Å². The third-order valence-electron chi connectivity index (χ3n) is 1.89. The normalized spacial score (nSPS) is 23.8. The molecule has 0 aromatic heterocycles. The maximum absolute atomic E-state index is 10.4. The van der Waals surface area contributed by atoms with Gasteiger partial charge in [0.05, 0.1) is 13.2 Å². The lowest BCUT2D eigenvalue weighted by Gasteiger charge is -2.21. The molecule has 1 unspecified atom stereocenters. The minimum atomic E-state index is -0.443. The first-order chi connectivity index (χ1) is 7.18. The summed E-state index contributed by atoms with van der Waals surface area (Å²) in [7, 11) is 0. The highest BCUT2D eigenvalue weighted by Crippen LogP contribution is 2.12. The van der Waals surface area contributed by atoms with E-state index < -0.39 is 5.91 Å². The molecular formula is C9H17N3O2S. The van der Waals surface area contributed by atoms with Gasteiger partial charge in [-0.15, -0.1) is 0 Å². The van der Waals surface area contributed by atoms with Crippen LogP contribution in [0.15, 0.2) is 4.99 Å². The predicted octanol–water partition coefficient (Wildman–Crippen LogP) is -0.0407. The number of rotatable bonds is 5. The standard InChI is InChI=1S/C9H17N3O2S/c1-7-2-5-15-9(12-7)11-3-4-14-6-8(10)13/h7H,2-6H2,1H3,(H2,10,13)(H,11,12). The van der Waals surface area contributed by atoms with E-state index in [0.29, 0.717) is 19.2 Å². The van der Waals surface area contributed by atoms with Gasteiger partial charge in [-0.25, -0.2) is 0 Å².